The molecule has 1 aliphatic carbocycles. The second-order valence-electron chi connectivity index (χ2n) is 9.18. The number of amides is 1. The van der Waals surface area contributed by atoms with E-state index in [0.717, 1.165) is 32.5 Å². The normalized spacial score (nSPS) is 25.1. The van der Waals surface area contributed by atoms with Crippen LogP contribution >= 0.6 is 0 Å². The van der Waals surface area contributed by atoms with Crippen LogP contribution in [0.15, 0.2) is 41.5 Å². The Morgan fingerprint density at radius 2 is 2.00 bits per heavy atom. The Balaban J connectivity index is 1.58. The lowest BCUT2D eigenvalue weighted by Gasteiger charge is -2.35. The molecule has 1 heterocycles. The topological polar surface area (TPSA) is 44.4 Å². The first-order valence-electron chi connectivity index (χ1n) is 10.8. The molecule has 154 valence electrons. The summed E-state index contributed by atoms with van der Waals surface area (Å²) in [5, 5.41) is 6.61. The molecule has 4 nitrogen and oxygen atoms in total. The number of allylic oxidation sites excluding steroid dienone is 1. The minimum absolute atomic E-state index is 0.0465. The van der Waals surface area contributed by atoms with Crippen molar-refractivity contribution in [1.29, 1.82) is 0 Å². The van der Waals surface area contributed by atoms with Crippen LogP contribution in [0.2, 0.25) is 0 Å². The third-order valence-electron chi connectivity index (χ3n) is 6.67. The number of rotatable bonds is 7. The number of likely N-dealkylation sites (N-methyl/N-ethyl adjacent to an activating group) is 1. The van der Waals surface area contributed by atoms with Crippen molar-refractivity contribution >= 4 is 5.91 Å². The number of carbonyl (C=O) groups excluding carboxylic acids is 1. The van der Waals surface area contributed by atoms with E-state index in [2.05, 4.69) is 60.6 Å². The van der Waals surface area contributed by atoms with Crippen LogP contribution in [0.1, 0.15) is 58.4 Å². The molecular weight excluding hydrogens is 346 g/mol. The number of nitrogens with one attached hydrogen (secondary N) is 2. The SMILES string of the molecule is CNC(=O)[C@@H]1C[C@@H](NCCC2=C(C)CCCC2(C)C)CN1Cc1ccccc1. The third-order valence-corrected chi connectivity index (χ3v) is 6.67. The summed E-state index contributed by atoms with van der Waals surface area (Å²) in [6, 6.07) is 10.8. The van der Waals surface area contributed by atoms with Gasteiger partial charge in [0.05, 0.1) is 6.04 Å². The van der Waals surface area contributed by atoms with Gasteiger partial charge in [-0.15, -0.1) is 0 Å². The summed E-state index contributed by atoms with van der Waals surface area (Å²) in [5.74, 6) is 0.132. The largest absolute Gasteiger partial charge is 0.358 e. The molecule has 2 N–H and O–H groups in total. The van der Waals surface area contributed by atoms with E-state index in [-0.39, 0.29) is 11.9 Å². The van der Waals surface area contributed by atoms with Crippen molar-refractivity contribution < 1.29 is 4.79 Å². The number of carbonyl (C=O) groups is 1. The molecule has 1 aromatic carbocycles. The zero-order valence-electron chi connectivity index (χ0n) is 18.1. The maximum atomic E-state index is 12.4. The molecule has 0 spiro atoms. The minimum Gasteiger partial charge on any atom is -0.358 e. The molecular formula is C24H37N3O. The summed E-state index contributed by atoms with van der Waals surface area (Å²) in [7, 11) is 1.74. The van der Waals surface area contributed by atoms with Gasteiger partial charge in [-0.25, -0.2) is 0 Å². The molecule has 1 aliphatic heterocycles. The van der Waals surface area contributed by atoms with Crippen molar-refractivity contribution in [3.05, 3.63) is 47.0 Å². The zero-order valence-corrected chi connectivity index (χ0v) is 18.1. The van der Waals surface area contributed by atoms with E-state index in [1.54, 1.807) is 18.2 Å². The molecule has 0 bridgehead atoms. The monoisotopic (exact) mass is 383 g/mol. The Kier molecular flexibility index (Phi) is 6.95. The summed E-state index contributed by atoms with van der Waals surface area (Å²) >= 11 is 0. The zero-order chi connectivity index (χ0) is 20.1. The highest BCUT2D eigenvalue weighted by Gasteiger charge is 2.36. The van der Waals surface area contributed by atoms with Crippen LogP contribution in [0.5, 0.6) is 0 Å². The maximum Gasteiger partial charge on any atom is 0.237 e. The third kappa shape index (κ3) is 5.03. The van der Waals surface area contributed by atoms with Crippen LogP contribution in [0.3, 0.4) is 0 Å². The van der Waals surface area contributed by atoms with Gasteiger partial charge in [-0.3, -0.25) is 9.69 Å². The van der Waals surface area contributed by atoms with Gasteiger partial charge in [-0.1, -0.05) is 55.3 Å². The van der Waals surface area contributed by atoms with Crippen LogP contribution in [-0.2, 0) is 11.3 Å². The van der Waals surface area contributed by atoms with Gasteiger partial charge in [0, 0.05) is 26.2 Å². The van der Waals surface area contributed by atoms with Gasteiger partial charge in [0.25, 0.3) is 0 Å². The quantitative estimate of drug-likeness (QED) is 0.702. The van der Waals surface area contributed by atoms with E-state index in [1.165, 1.54) is 24.8 Å². The van der Waals surface area contributed by atoms with Crippen molar-refractivity contribution in [3.63, 3.8) is 0 Å². The second-order valence-corrected chi connectivity index (χ2v) is 9.18. The molecule has 0 aromatic heterocycles. The average molecular weight is 384 g/mol. The Hall–Kier alpha value is -1.65. The second kappa shape index (κ2) is 9.23. The lowest BCUT2D eigenvalue weighted by Crippen LogP contribution is -2.41. The van der Waals surface area contributed by atoms with Gasteiger partial charge in [-0.2, -0.15) is 0 Å². The summed E-state index contributed by atoms with van der Waals surface area (Å²) < 4.78 is 0. The van der Waals surface area contributed by atoms with E-state index in [0.29, 0.717) is 11.5 Å². The fourth-order valence-electron chi connectivity index (χ4n) is 5.11. The van der Waals surface area contributed by atoms with Gasteiger partial charge >= 0.3 is 0 Å². The lowest BCUT2D eigenvalue weighted by atomic mass is 9.71. The molecule has 3 rings (SSSR count). The first-order chi connectivity index (χ1) is 13.4. The highest BCUT2D eigenvalue weighted by molar-refractivity contribution is 5.81. The van der Waals surface area contributed by atoms with Crippen LogP contribution < -0.4 is 10.6 Å². The Bertz CT molecular complexity index is 695. The fourth-order valence-corrected chi connectivity index (χ4v) is 5.11. The first-order valence-corrected chi connectivity index (χ1v) is 10.8. The predicted octanol–water partition coefficient (Wildman–Crippen LogP) is 3.88. The molecule has 2 aliphatic rings. The Morgan fingerprint density at radius 3 is 2.68 bits per heavy atom. The van der Waals surface area contributed by atoms with Crippen molar-refractivity contribution in [1.82, 2.24) is 15.5 Å². The molecule has 0 radical (unpaired) electrons. The molecule has 28 heavy (non-hydrogen) atoms. The average Bonchev–Trinajstić information content (AvgIpc) is 3.06. The number of benzene rings is 1. The van der Waals surface area contributed by atoms with Crippen LogP contribution in [0.25, 0.3) is 0 Å². The highest BCUT2D eigenvalue weighted by Crippen LogP contribution is 2.41. The van der Waals surface area contributed by atoms with E-state index in [9.17, 15) is 4.79 Å². The summed E-state index contributed by atoms with van der Waals surface area (Å²) in [6.45, 7) is 9.85. The summed E-state index contributed by atoms with van der Waals surface area (Å²) in [6.07, 6.45) is 5.88. The van der Waals surface area contributed by atoms with Gasteiger partial charge in [0.15, 0.2) is 0 Å². The van der Waals surface area contributed by atoms with Gasteiger partial charge in [0.2, 0.25) is 5.91 Å². The molecule has 2 atom stereocenters. The van der Waals surface area contributed by atoms with Crippen molar-refractivity contribution in [3.8, 4) is 0 Å². The molecule has 0 saturated carbocycles. The summed E-state index contributed by atoms with van der Waals surface area (Å²) in [5.41, 5.74) is 4.84. The maximum absolute atomic E-state index is 12.4. The van der Waals surface area contributed by atoms with Crippen LogP contribution in [-0.4, -0.2) is 43.0 Å². The molecule has 4 heteroatoms. The molecule has 1 amide bonds. The van der Waals surface area contributed by atoms with Crippen LogP contribution in [0, 0.1) is 5.41 Å². The van der Waals surface area contributed by atoms with Gasteiger partial charge in [-0.05, 0) is 56.6 Å². The first kappa shape index (κ1) is 21.1. The Morgan fingerprint density at radius 1 is 1.25 bits per heavy atom. The van der Waals surface area contributed by atoms with Crippen LogP contribution in [0.4, 0.5) is 0 Å². The number of hydrogen-bond acceptors (Lipinski definition) is 3. The smallest absolute Gasteiger partial charge is 0.237 e. The molecule has 1 fully saturated rings. The minimum atomic E-state index is -0.0465. The van der Waals surface area contributed by atoms with Crippen molar-refractivity contribution in [2.24, 2.45) is 5.41 Å². The van der Waals surface area contributed by atoms with Gasteiger partial charge < -0.3 is 10.6 Å². The van der Waals surface area contributed by atoms with E-state index in [4.69, 9.17) is 0 Å². The number of hydrogen-bond donors (Lipinski definition) is 2. The number of likely N-dealkylation sites (tertiary alicyclic amines) is 1. The van der Waals surface area contributed by atoms with E-state index >= 15 is 0 Å². The molecule has 1 aromatic rings. The highest BCUT2D eigenvalue weighted by atomic mass is 16.2. The van der Waals surface area contributed by atoms with E-state index < -0.39 is 0 Å². The lowest BCUT2D eigenvalue weighted by molar-refractivity contribution is -0.125. The van der Waals surface area contributed by atoms with E-state index in [1.807, 2.05) is 6.07 Å². The Labute approximate surface area is 170 Å². The van der Waals surface area contributed by atoms with Crippen molar-refractivity contribution in [2.45, 2.75) is 71.5 Å². The summed E-state index contributed by atoms with van der Waals surface area (Å²) in [4.78, 5) is 14.7. The predicted molar refractivity (Wildman–Crippen MR) is 116 cm³/mol. The fraction of sp³-hybridized carbons (Fsp3) is 0.625. The molecule has 0 unspecified atom stereocenters. The number of nitrogens with zero attached hydrogens (tertiary/aromatic N) is 1. The standard InChI is InChI=1S/C24H37N3O/c1-18-9-8-13-24(2,3)21(18)12-14-26-20-15-22(23(28)25-4)27(17-20)16-19-10-6-5-7-11-19/h5-7,10-11,20,22,26H,8-9,12-17H2,1-4H3,(H,25,28)/t20-,22+/m1/s1. The van der Waals surface area contributed by atoms with Crippen molar-refractivity contribution in [2.75, 3.05) is 20.1 Å². The molecule has 1 saturated heterocycles. The van der Waals surface area contributed by atoms with Gasteiger partial charge in [0.1, 0.15) is 0 Å².